The quantitative estimate of drug-likeness (QED) is 0.568. The SMILES string of the molecule is COCCCCn1nnc2nc(NCc3ccc(Cl)c(Cl)c3)[nH]c(=O)c21. The molecule has 0 unspecified atom stereocenters. The fraction of sp³-hybridized carbons (Fsp3) is 0.375. The molecule has 3 aromatic rings. The molecule has 138 valence electrons. The second-order valence-electron chi connectivity index (χ2n) is 5.70. The van der Waals surface area contributed by atoms with E-state index in [1.807, 2.05) is 6.07 Å². The van der Waals surface area contributed by atoms with Crippen LogP contribution < -0.4 is 10.9 Å². The number of aromatic nitrogens is 5. The molecule has 26 heavy (non-hydrogen) atoms. The predicted molar refractivity (Wildman–Crippen MR) is 101 cm³/mol. The Morgan fingerprint density at radius 1 is 1.27 bits per heavy atom. The van der Waals surface area contributed by atoms with Crippen LogP contribution in [0.3, 0.4) is 0 Å². The number of anilines is 1. The van der Waals surface area contributed by atoms with Gasteiger partial charge in [-0.3, -0.25) is 9.78 Å². The summed E-state index contributed by atoms with van der Waals surface area (Å²) in [6, 6.07) is 5.31. The second-order valence-corrected chi connectivity index (χ2v) is 6.52. The molecule has 10 heteroatoms. The first kappa shape index (κ1) is 18.6. The van der Waals surface area contributed by atoms with Crippen LogP contribution in [0.4, 0.5) is 5.95 Å². The van der Waals surface area contributed by atoms with Gasteiger partial charge in [0.2, 0.25) is 11.6 Å². The molecule has 0 saturated carbocycles. The maximum atomic E-state index is 12.4. The number of ether oxygens (including phenoxy) is 1. The number of methoxy groups -OCH3 is 1. The van der Waals surface area contributed by atoms with E-state index in [-0.39, 0.29) is 5.56 Å². The van der Waals surface area contributed by atoms with E-state index >= 15 is 0 Å². The zero-order valence-electron chi connectivity index (χ0n) is 14.1. The molecule has 0 amide bonds. The van der Waals surface area contributed by atoms with E-state index in [1.54, 1.807) is 23.9 Å². The number of hydrogen-bond donors (Lipinski definition) is 2. The van der Waals surface area contributed by atoms with E-state index in [2.05, 4.69) is 25.6 Å². The highest BCUT2D eigenvalue weighted by molar-refractivity contribution is 6.42. The third-order valence-corrected chi connectivity index (χ3v) is 4.53. The van der Waals surface area contributed by atoms with Crippen molar-refractivity contribution >= 4 is 40.3 Å². The van der Waals surface area contributed by atoms with Crippen LogP contribution in [-0.2, 0) is 17.8 Å². The van der Waals surface area contributed by atoms with Crippen LogP contribution in [0.5, 0.6) is 0 Å². The topological polar surface area (TPSA) is 97.7 Å². The Labute approximate surface area is 159 Å². The molecular formula is C16H18Cl2N6O2. The number of halogens is 2. The summed E-state index contributed by atoms with van der Waals surface area (Å²) in [6.07, 6.45) is 1.72. The van der Waals surface area contributed by atoms with Crippen molar-refractivity contribution in [2.24, 2.45) is 0 Å². The van der Waals surface area contributed by atoms with Crippen LogP contribution in [0.1, 0.15) is 18.4 Å². The van der Waals surface area contributed by atoms with Crippen molar-refractivity contribution in [2.75, 3.05) is 19.0 Å². The standard InChI is InChI=1S/C16H18Cl2N6O2/c1-26-7-3-2-6-24-13-14(22-23-24)20-16(21-15(13)25)19-9-10-4-5-11(17)12(18)8-10/h4-5,8H,2-3,6-7,9H2,1H3,(H2,19,20,21,25). The maximum Gasteiger partial charge on any atom is 0.280 e. The highest BCUT2D eigenvalue weighted by atomic mass is 35.5. The summed E-state index contributed by atoms with van der Waals surface area (Å²) >= 11 is 11.9. The van der Waals surface area contributed by atoms with Gasteiger partial charge in [0.1, 0.15) is 0 Å². The Kier molecular flexibility index (Phi) is 6.08. The highest BCUT2D eigenvalue weighted by Gasteiger charge is 2.12. The van der Waals surface area contributed by atoms with Gasteiger partial charge in [0.05, 0.1) is 10.0 Å². The fourth-order valence-corrected chi connectivity index (χ4v) is 2.80. The third kappa shape index (κ3) is 4.32. The molecule has 0 aliphatic carbocycles. The average Bonchev–Trinajstić information content (AvgIpc) is 3.03. The Balaban J connectivity index is 1.72. The molecule has 0 fully saturated rings. The van der Waals surface area contributed by atoms with Crippen molar-refractivity contribution < 1.29 is 4.74 Å². The lowest BCUT2D eigenvalue weighted by molar-refractivity contribution is 0.191. The average molecular weight is 397 g/mol. The molecule has 0 aliphatic rings. The van der Waals surface area contributed by atoms with Gasteiger partial charge < -0.3 is 10.1 Å². The van der Waals surface area contributed by atoms with Crippen LogP contribution in [-0.4, -0.2) is 38.7 Å². The Hall–Kier alpha value is -2.16. The van der Waals surface area contributed by atoms with Crippen molar-refractivity contribution in [1.82, 2.24) is 25.0 Å². The van der Waals surface area contributed by atoms with Crippen LogP contribution in [0, 0.1) is 0 Å². The number of unbranched alkanes of at least 4 members (excludes halogenated alkanes) is 1. The molecular weight excluding hydrogens is 379 g/mol. The number of hydrogen-bond acceptors (Lipinski definition) is 6. The van der Waals surface area contributed by atoms with E-state index in [0.717, 1.165) is 18.4 Å². The molecule has 0 atom stereocenters. The Morgan fingerprint density at radius 2 is 2.12 bits per heavy atom. The fourth-order valence-electron chi connectivity index (χ4n) is 2.48. The summed E-state index contributed by atoms with van der Waals surface area (Å²) in [5.74, 6) is 0.319. The first-order valence-corrected chi connectivity index (χ1v) is 8.84. The second kappa shape index (κ2) is 8.48. The molecule has 2 heterocycles. The molecule has 0 saturated heterocycles. The predicted octanol–water partition coefficient (Wildman–Crippen LogP) is 2.86. The summed E-state index contributed by atoms with van der Waals surface area (Å²) in [4.78, 5) is 19.4. The van der Waals surface area contributed by atoms with E-state index in [0.29, 0.717) is 46.9 Å². The van der Waals surface area contributed by atoms with Crippen LogP contribution in [0.25, 0.3) is 11.2 Å². The monoisotopic (exact) mass is 396 g/mol. The van der Waals surface area contributed by atoms with Crippen molar-refractivity contribution in [3.05, 3.63) is 44.2 Å². The van der Waals surface area contributed by atoms with Gasteiger partial charge in [-0.15, -0.1) is 5.10 Å². The lowest BCUT2D eigenvalue weighted by Crippen LogP contribution is -2.16. The number of H-pyrrole nitrogens is 1. The molecule has 2 aromatic heterocycles. The van der Waals surface area contributed by atoms with Crippen LogP contribution >= 0.6 is 23.2 Å². The lowest BCUT2D eigenvalue weighted by Gasteiger charge is -2.06. The first-order chi connectivity index (χ1) is 12.6. The minimum absolute atomic E-state index is 0.289. The smallest absolute Gasteiger partial charge is 0.280 e. The van der Waals surface area contributed by atoms with Gasteiger partial charge >= 0.3 is 0 Å². The molecule has 3 rings (SSSR count). The molecule has 0 aliphatic heterocycles. The van der Waals surface area contributed by atoms with Gasteiger partial charge in [0, 0.05) is 26.8 Å². The van der Waals surface area contributed by atoms with Gasteiger partial charge in [-0.2, -0.15) is 4.98 Å². The van der Waals surface area contributed by atoms with Crippen molar-refractivity contribution in [3.63, 3.8) is 0 Å². The van der Waals surface area contributed by atoms with E-state index < -0.39 is 0 Å². The summed E-state index contributed by atoms with van der Waals surface area (Å²) in [7, 11) is 1.66. The lowest BCUT2D eigenvalue weighted by atomic mass is 10.2. The van der Waals surface area contributed by atoms with Crippen molar-refractivity contribution in [1.29, 1.82) is 0 Å². The van der Waals surface area contributed by atoms with Gasteiger partial charge in [-0.1, -0.05) is 34.5 Å². The number of nitrogens with zero attached hydrogens (tertiary/aromatic N) is 4. The minimum Gasteiger partial charge on any atom is -0.385 e. The molecule has 1 aromatic carbocycles. The summed E-state index contributed by atoms with van der Waals surface area (Å²) in [5, 5.41) is 12.0. The summed E-state index contributed by atoms with van der Waals surface area (Å²) in [6.45, 7) is 1.68. The van der Waals surface area contributed by atoms with Crippen molar-refractivity contribution in [2.45, 2.75) is 25.9 Å². The third-order valence-electron chi connectivity index (χ3n) is 3.79. The van der Waals surface area contributed by atoms with E-state index in [1.165, 1.54) is 0 Å². The van der Waals surface area contributed by atoms with Gasteiger partial charge in [0.25, 0.3) is 5.56 Å². The molecule has 0 bridgehead atoms. The number of fused-ring (bicyclic) bond motifs is 1. The highest BCUT2D eigenvalue weighted by Crippen LogP contribution is 2.22. The minimum atomic E-state index is -0.289. The van der Waals surface area contributed by atoms with Crippen LogP contribution in [0.15, 0.2) is 23.0 Å². The normalized spacial score (nSPS) is 11.2. The first-order valence-electron chi connectivity index (χ1n) is 8.08. The van der Waals surface area contributed by atoms with Crippen LogP contribution in [0.2, 0.25) is 10.0 Å². The van der Waals surface area contributed by atoms with Crippen molar-refractivity contribution in [3.8, 4) is 0 Å². The summed E-state index contributed by atoms with van der Waals surface area (Å²) < 4.78 is 6.59. The Bertz CT molecular complexity index is 956. The Morgan fingerprint density at radius 3 is 2.88 bits per heavy atom. The molecule has 8 nitrogen and oxygen atoms in total. The van der Waals surface area contributed by atoms with Gasteiger partial charge in [0.15, 0.2) is 5.52 Å². The van der Waals surface area contributed by atoms with Gasteiger partial charge in [-0.05, 0) is 30.5 Å². The largest absolute Gasteiger partial charge is 0.385 e. The number of benzene rings is 1. The summed E-state index contributed by atoms with van der Waals surface area (Å²) in [5.41, 5.74) is 1.28. The zero-order chi connectivity index (χ0) is 18.5. The number of rotatable bonds is 8. The van der Waals surface area contributed by atoms with E-state index in [4.69, 9.17) is 27.9 Å². The number of aromatic amines is 1. The zero-order valence-corrected chi connectivity index (χ0v) is 15.6. The van der Waals surface area contributed by atoms with E-state index in [9.17, 15) is 4.79 Å². The molecule has 0 spiro atoms. The number of nitrogens with one attached hydrogen (secondary N) is 2. The molecule has 0 radical (unpaired) electrons. The maximum absolute atomic E-state index is 12.4. The number of aryl methyl sites for hydroxylation is 1. The van der Waals surface area contributed by atoms with Gasteiger partial charge in [-0.25, -0.2) is 4.68 Å². The molecule has 2 N–H and O–H groups in total.